The molecule has 0 aromatic carbocycles. The lowest BCUT2D eigenvalue weighted by Crippen LogP contribution is -2.15. The number of nitrogens with zero attached hydrogens (tertiary/aromatic N) is 3. The van der Waals surface area contributed by atoms with Crippen molar-refractivity contribution in [2.24, 2.45) is 5.73 Å². The summed E-state index contributed by atoms with van der Waals surface area (Å²) >= 11 is 0. The Kier molecular flexibility index (Phi) is 2.21. The highest BCUT2D eigenvalue weighted by Gasteiger charge is 2.33. The predicted molar refractivity (Wildman–Crippen MR) is 70.4 cm³/mol. The second-order valence-electron chi connectivity index (χ2n) is 5.71. The smallest absolute Gasteiger partial charge is 0.113 e. The van der Waals surface area contributed by atoms with Gasteiger partial charge in [0, 0.05) is 24.2 Å². The zero-order chi connectivity index (χ0) is 12.1. The molecular formula is C14H18N4. The van der Waals surface area contributed by atoms with E-state index in [4.69, 9.17) is 10.7 Å². The molecule has 2 fully saturated rings. The molecule has 4 nitrogen and oxygen atoms in total. The Morgan fingerprint density at radius 2 is 2.11 bits per heavy atom. The van der Waals surface area contributed by atoms with E-state index in [0.717, 1.165) is 18.4 Å². The van der Waals surface area contributed by atoms with E-state index >= 15 is 0 Å². The SMILES string of the molecule is NC1CCC(c2nc3cnccc3n2C2CC2)C1. The maximum atomic E-state index is 6.05. The fourth-order valence-corrected chi connectivity index (χ4v) is 3.22. The fraction of sp³-hybridized carbons (Fsp3) is 0.571. The van der Waals surface area contributed by atoms with Gasteiger partial charge < -0.3 is 10.3 Å². The maximum absolute atomic E-state index is 6.05. The number of rotatable bonds is 2. The van der Waals surface area contributed by atoms with Crippen molar-refractivity contribution in [2.45, 2.75) is 50.1 Å². The highest BCUT2D eigenvalue weighted by molar-refractivity contribution is 5.75. The van der Waals surface area contributed by atoms with Gasteiger partial charge >= 0.3 is 0 Å². The first-order valence-electron chi connectivity index (χ1n) is 6.90. The maximum Gasteiger partial charge on any atom is 0.113 e. The first kappa shape index (κ1) is 10.5. The van der Waals surface area contributed by atoms with Crippen molar-refractivity contribution in [3.8, 4) is 0 Å². The van der Waals surface area contributed by atoms with Gasteiger partial charge in [0.25, 0.3) is 0 Å². The molecule has 2 aliphatic carbocycles. The van der Waals surface area contributed by atoms with E-state index in [1.54, 1.807) is 0 Å². The molecule has 0 saturated heterocycles. The first-order valence-corrected chi connectivity index (χ1v) is 6.90. The highest BCUT2D eigenvalue weighted by Crippen LogP contribution is 2.43. The fourth-order valence-electron chi connectivity index (χ4n) is 3.22. The van der Waals surface area contributed by atoms with E-state index in [1.165, 1.54) is 30.6 Å². The second-order valence-corrected chi connectivity index (χ2v) is 5.71. The summed E-state index contributed by atoms with van der Waals surface area (Å²) in [4.78, 5) is 9.02. The summed E-state index contributed by atoms with van der Waals surface area (Å²) in [6, 6.07) is 3.13. The van der Waals surface area contributed by atoms with Gasteiger partial charge in [-0.15, -0.1) is 0 Å². The molecule has 2 aromatic heterocycles. The van der Waals surface area contributed by atoms with Crippen molar-refractivity contribution in [2.75, 3.05) is 0 Å². The van der Waals surface area contributed by atoms with E-state index in [0.29, 0.717) is 18.0 Å². The second kappa shape index (κ2) is 3.79. The molecule has 2 heterocycles. The molecule has 4 rings (SSSR count). The van der Waals surface area contributed by atoms with Crippen LogP contribution in [-0.2, 0) is 0 Å². The largest absolute Gasteiger partial charge is 0.328 e. The third-order valence-corrected chi connectivity index (χ3v) is 4.27. The topological polar surface area (TPSA) is 56.7 Å². The summed E-state index contributed by atoms with van der Waals surface area (Å²) in [5.41, 5.74) is 8.34. The molecule has 0 bridgehead atoms. The number of pyridine rings is 1. The molecule has 0 radical (unpaired) electrons. The molecule has 18 heavy (non-hydrogen) atoms. The van der Waals surface area contributed by atoms with Crippen LogP contribution in [0.2, 0.25) is 0 Å². The number of aromatic nitrogens is 3. The monoisotopic (exact) mass is 242 g/mol. The van der Waals surface area contributed by atoms with Gasteiger partial charge in [0.15, 0.2) is 0 Å². The first-order chi connectivity index (χ1) is 8.83. The normalized spacial score (nSPS) is 28.1. The van der Waals surface area contributed by atoms with Gasteiger partial charge in [0.2, 0.25) is 0 Å². The average molecular weight is 242 g/mol. The molecule has 2 atom stereocenters. The van der Waals surface area contributed by atoms with Crippen LogP contribution >= 0.6 is 0 Å². The summed E-state index contributed by atoms with van der Waals surface area (Å²) in [5, 5.41) is 0. The van der Waals surface area contributed by atoms with E-state index < -0.39 is 0 Å². The van der Waals surface area contributed by atoms with Crippen LogP contribution in [0, 0.1) is 0 Å². The van der Waals surface area contributed by atoms with Crippen LogP contribution in [0.15, 0.2) is 18.5 Å². The van der Waals surface area contributed by atoms with Crippen LogP contribution < -0.4 is 5.73 Å². The van der Waals surface area contributed by atoms with Crippen molar-refractivity contribution in [1.29, 1.82) is 0 Å². The number of hydrogen-bond donors (Lipinski definition) is 1. The van der Waals surface area contributed by atoms with Gasteiger partial charge in [0.05, 0.1) is 11.7 Å². The summed E-state index contributed by atoms with van der Waals surface area (Å²) in [7, 11) is 0. The quantitative estimate of drug-likeness (QED) is 0.879. The van der Waals surface area contributed by atoms with Gasteiger partial charge in [-0.2, -0.15) is 0 Å². The number of nitrogens with two attached hydrogens (primary N) is 1. The zero-order valence-corrected chi connectivity index (χ0v) is 10.4. The van der Waals surface area contributed by atoms with Crippen molar-refractivity contribution >= 4 is 11.0 Å². The molecule has 2 saturated carbocycles. The minimum absolute atomic E-state index is 0.362. The van der Waals surface area contributed by atoms with Gasteiger partial charge in [0.1, 0.15) is 11.3 Å². The van der Waals surface area contributed by atoms with Crippen LogP contribution in [-0.4, -0.2) is 20.6 Å². The highest BCUT2D eigenvalue weighted by atomic mass is 15.1. The average Bonchev–Trinajstić information content (AvgIpc) is 3.00. The van der Waals surface area contributed by atoms with E-state index in [2.05, 4.69) is 15.6 Å². The lowest BCUT2D eigenvalue weighted by atomic mass is 10.1. The Balaban J connectivity index is 1.85. The van der Waals surface area contributed by atoms with Gasteiger partial charge in [-0.25, -0.2) is 4.98 Å². The van der Waals surface area contributed by atoms with Crippen LogP contribution in [0.4, 0.5) is 0 Å². The Labute approximate surface area is 106 Å². The van der Waals surface area contributed by atoms with E-state index in [-0.39, 0.29) is 0 Å². The minimum Gasteiger partial charge on any atom is -0.328 e. The van der Waals surface area contributed by atoms with Crippen LogP contribution in [0.3, 0.4) is 0 Å². The predicted octanol–water partition coefficient (Wildman–Crippen LogP) is 2.36. The molecule has 2 aromatic rings. The molecule has 2 aliphatic rings. The summed E-state index contributed by atoms with van der Waals surface area (Å²) in [6.07, 6.45) is 9.74. The Morgan fingerprint density at radius 1 is 1.22 bits per heavy atom. The van der Waals surface area contributed by atoms with Gasteiger partial charge in [-0.05, 0) is 38.2 Å². The molecule has 0 amide bonds. The van der Waals surface area contributed by atoms with Crippen LogP contribution in [0.25, 0.3) is 11.0 Å². The molecule has 0 spiro atoms. The summed E-state index contributed by atoms with van der Waals surface area (Å²) in [6.45, 7) is 0. The lowest BCUT2D eigenvalue weighted by Gasteiger charge is -2.12. The van der Waals surface area contributed by atoms with Crippen molar-refractivity contribution in [3.05, 3.63) is 24.3 Å². The van der Waals surface area contributed by atoms with E-state index in [1.807, 2.05) is 12.4 Å². The van der Waals surface area contributed by atoms with Gasteiger partial charge in [-0.1, -0.05) is 0 Å². The Morgan fingerprint density at radius 3 is 2.83 bits per heavy atom. The Hall–Kier alpha value is -1.42. The molecule has 94 valence electrons. The minimum atomic E-state index is 0.362. The third kappa shape index (κ3) is 1.56. The summed E-state index contributed by atoms with van der Waals surface area (Å²) in [5.74, 6) is 1.81. The molecular weight excluding hydrogens is 224 g/mol. The lowest BCUT2D eigenvalue weighted by molar-refractivity contribution is 0.591. The summed E-state index contributed by atoms with van der Waals surface area (Å²) < 4.78 is 2.46. The molecule has 4 heteroatoms. The Bertz CT molecular complexity index is 584. The zero-order valence-electron chi connectivity index (χ0n) is 10.4. The van der Waals surface area contributed by atoms with Gasteiger partial charge in [-0.3, -0.25) is 4.98 Å². The molecule has 2 unspecified atom stereocenters. The van der Waals surface area contributed by atoms with Crippen LogP contribution in [0.5, 0.6) is 0 Å². The van der Waals surface area contributed by atoms with Crippen molar-refractivity contribution < 1.29 is 0 Å². The van der Waals surface area contributed by atoms with Crippen molar-refractivity contribution in [1.82, 2.24) is 14.5 Å². The van der Waals surface area contributed by atoms with E-state index in [9.17, 15) is 0 Å². The number of fused-ring (bicyclic) bond motifs is 1. The molecule has 2 N–H and O–H groups in total. The number of imidazole rings is 1. The van der Waals surface area contributed by atoms with Crippen molar-refractivity contribution in [3.63, 3.8) is 0 Å². The number of hydrogen-bond acceptors (Lipinski definition) is 3. The third-order valence-electron chi connectivity index (χ3n) is 4.27. The standard InChI is InChI=1S/C14H18N4/c15-10-2-1-9(7-10)14-17-12-8-16-6-5-13(12)18(14)11-3-4-11/h5-6,8-11H,1-4,7,15H2. The molecule has 0 aliphatic heterocycles. The van der Waals surface area contributed by atoms with Crippen LogP contribution in [0.1, 0.15) is 49.9 Å².